The Hall–Kier alpha value is -5.98. The van der Waals surface area contributed by atoms with Gasteiger partial charge in [0.1, 0.15) is 35.9 Å². The van der Waals surface area contributed by atoms with Crippen LogP contribution in [0.4, 0.5) is 56.1 Å². The van der Waals surface area contributed by atoms with E-state index in [9.17, 15) is 53.1 Å². The van der Waals surface area contributed by atoms with Crippen molar-refractivity contribution in [1.82, 2.24) is 30.0 Å². The van der Waals surface area contributed by atoms with Gasteiger partial charge in [0.15, 0.2) is 9.84 Å². The van der Waals surface area contributed by atoms with Crippen molar-refractivity contribution >= 4 is 68.4 Å². The van der Waals surface area contributed by atoms with Crippen LogP contribution in [0.1, 0.15) is 59.6 Å². The number of anilines is 2. The molecule has 4 aromatic carbocycles. The lowest BCUT2D eigenvalue weighted by molar-refractivity contribution is -0.138. The molecule has 8 rings (SSSR count). The van der Waals surface area contributed by atoms with Crippen molar-refractivity contribution in [2.24, 2.45) is 0 Å². The summed E-state index contributed by atoms with van der Waals surface area (Å²) in [6.07, 6.45) is -10.3. The number of aromatic nitrogens is 6. The minimum Gasteiger partial charge on any atom is -0.441 e. The van der Waals surface area contributed by atoms with Gasteiger partial charge in [-0.3, -0.25) is 9.80 Å². The number of benzene rings is 4. The van der Waals surface area contributed by atoms with Gasteiger partial charge in [0.2, 0.25) is 0 Å². The zero-order chi connectivity index (χ0) is 50.7. The van der Waals surface area contributed by atoms with E-state index in [-0.39, 0.29) is 47.1 Å². The van der Waals surface area contributed by atoms with Gasteiger partial charge in [0.25, 0.3) is 0 Å². The molecule has 0 aliphatic carbocycles. The second-order valence-corrected chi connectivity index (χ2v) is 20.1. The van der Waals surface area contributed by atoms with Gasteiger partial charge in [-0.1, -0.05) is 47.5 Å². The van der Waals surface area contributed by atoms with Crippen LogP contribution < -0.4 is 9.80 Å². The number of alkyl halides is 6. The molecule has 4 atom stereocenters. The molecule has 0 saturated carbocycles. The summed E-state index contributed by atoms with van der Waals surface area (Å²) in [6.45, 7) is 3.33. The number of carbonyl (C=O) groups is 2. The number of rotatable bonds is 14. The van der Waals surface area contributed by atoms with Crippen molar-refractivity contribution in [2.45, 2.75) is 75.1 Å². The van der Waals surface area contributed by atoms with Crippen LogP contribution in [0.15, 0.2) is 97.3 Å². The smallest absolute Gasteiger partial charge is 0.416 e. The highest BCUT2D eigenvalue weighted by Gasteiger charge is 2.47. The second kappa shape index (κ2) is 21.2. The molecule has 14 nitrogen and oxygen atoms in total. The van der Waals surface area contributed by atoms with E-state index in [1.165, 1.54) is 63.8 Å². The van der Waals surface area contributed by atoms with Crippen LogP contribution in [0.25, 0.3) is 0 Å². The summed E-state index contributed by atoms with van der Waals surface area (Å²) < 4.78 is 147. The van der Waals surface area contributed by atoms with Gasteiger partial charge >= 0.3 is 24.5 Å². The van der Waals surface area contributed by atoms with E-state index < -0.39 is 81.4 Å². The van der Waals surface area contributed by atoms with Crippen molar-refractivity contribution in [2.75, 3.05) is 21.3 Å². The van der Waals surface area contributed by atoms with Crippen LogP contribution in [-0.2, 0) is 56.3 Å². The average molecular weight is 1060 g/mol. The quantitative estimate of drug-likeness (QED) is 0.0957. The second-order valence-electron chi connectivity index (χ2n) is 15.6. The molecule has 2 saturated heterocycles. The molecule has 372 valence electrons. The third kappa shape index (κ3) is 12.5. The largest absolute Gasteiger partial charge is 0.441 e. The molecule has 2 fully saturated rings. The average Bonchev–Trinajstić information content (AvgIpc) is 4.08. The van der Waals surface area contributed by atoms with Crippen LogP contribution >= 0.6 is 35.0 Å². The molecule has 4 heterocycles. The van der Waals surface area contributed by atoms with Crippen LogP contribution in [0.2, 0.25) is 10.0 Å². The summed E-state index contributed by atoms with van der Waals surface area (Å²) in [7, 11) is -3.39. The molecule has 2 aliphatic rings. The molecule has 70 heavy (non-hydrogen) atoms. The summed E-state index contributed by atoms with van der Waals surface area (Å²) >= 11 is 13.5. The standard InChI is InChI=1S/C22H19ClF4N4O4S.C22H19ClF4N4O2S/c1-2-36(33,34)12-17-10-30(29-28-17)11-19-20(13-7-14(22(25,26)27)9-16(24)8-13)31(21(32)35-19)18-5-3-15(23)4-6-18;1-2-34-12-17-10-30(29-28-17)11-19-20(13-7-14(22(25,26)27)9-16(24)8-13)31(21(32)33-19)18-5-3-15(23)4-6-18/h3-10,19-20H,2,11-12H2,1H3;3-10,19-20H,2,11-12H2,1H3/t2*19-,20-/m00/s1. The molecular weight excluding hydrogens is 1020 g/mol. The van der Waals surface area contributed by atoms with Crippen molar-refractivity contribution < 1.29 is 62.6 Å². The highest BCUT2D eigenvalue weighted by atomic mass is 35.5. The number of cyclic esters (lactones) is 2. The van der Waals surface area contributed by atoms with Gasteiger partial charge in [-0.2, -0.15) is 38.1 Å². The molecule has 0 radical (unpaired) electrons. The maximum absolute atomic E-state index is 14.3. The molecule has 0 bridgehead atoms. The Morgan fingerprint density at radius 1 is 0.643 bits per heavy atom. The van der Waals surface area contributed by atoms with Gasteiger partial charge in [0.05, 0.1) is 41.4 Å². The first-order chi connectivity index (χ1) is 33.0. The number of sulfone groups is 1. The molecule has 26 heteroatoms. The number of thioether (sulfide) groups is 1. The van der Waals surface area contributed by atoms with Crippen molar-refractivity contribution in [3.63, 3.8) is 0 Å². The lowest BCUT2D eigenvalue weighted by atomic mass is 9.97. The first kappa shape index (κ1) is 51.9. The summed E-state index contributed by atoms with van der Waals surface area (Å²) in [6, 6.07) is 14.1. The summed E-state index contributed by atoms with van der Waals surface area (Å²) in [5.74, 6) is -1.13. The van der Waals surface area contributed by atoms with E-state index in [0.717, 1.165) is 34.9 Å². The Labute approximate surface area is 408 Å². The first-order valence-corrected chi connectivity index (χ1v) is 24.6. The topological polar surface area (TPSA) is 155 Å². The Kier molecular flexibility index (Phi) is 15.7. The highest BCUT2D eigenvalue weighted by Crippen LogP contribution is 2.43. The van der Waals surface area contributed by atoms with Crippen LogP contribution in [-0.4, -0.2) is 74.3 Å². The predicted molar refractivity (Wildman–Crippen MR) is 242 cm³/mol. The first-order valence-electron chi connectivity index (χ1n) is 20.8. The van der Waals surface area contributed by atoms with Crippen molar-refractivity contribution in [3.05, 3.63) is 153 Å². The molecule has 2 aromatic heterocycles. The lowest BCUT2D eigenvalue weighted by Gasteiger charge is -2.26. The van der Waals surface area contributed by atoms with Crippen LogP contribution in [0.5, 0.6) is 0 Å². The molecule has 2 amide bonds. The van der Waals surface area contributed by atoms with E-state index in [1.54, 1.807) is 30.1 Å². The minimum atomic E-state index is -4.83. The normalized spacial score (nSPS) is 18.5. The fourth-order valence-corrected chi connectivity index (χ4v) is 9.17. The molecule has 0 N–H and O–H groups in total. The summed E-state index contributed by atoms with van der Waals surface area (Å²) in [5.41, 5.74) is -1.11. The Balaban J connectivity index is 0.000000207. The van der Waals surface area contributed by atoms with Gasteiger partial charge in [0, 0.05) is 45.3 Å². The molecule has 0 unspecified atom stereocenters. The number of hydrogen-bond acceptors (Lipinski definition) is 11. The number of nitrogens with zero attached hydrogens (tertiary/aromatic N) is 8. The maximum atomic E-state index is 14.3. The van der Waals surface area contributed by atoms with Crippen LogP contribution in [0.3, 0.4) is 0 Å². The lowest BCUT2D eigenvalue weighted by Crippen LogP contribution is -2.31. The fraction of sp³-hybridized carbons (Fsp3) is 0.318. The molecule has 2 aliphatic heterocycles. The number of hydrogen-bond donors (Lipinski definition) is 0. The van der Waals surface area contributed by atoms with Crippen LogP contribution in [0, 0.1) is 11.6 Å². The molecular formula is C44H38Cl2F8N8O6S2. The minimum absolute atomic E-state index is 0.0160. The van der Waals surface area contributed by atoms with E-state index in [1.807, 2.05) is 6.92 Å². The summed E-state index contributed by atoms with van der Waals surface area (Å²) in [5, 5.41) is 16.6. The van der Waals surface area contributed by atoms with Gasteiger partial charge < -0.3 is 9.47 Å². The van der Waals surface area contributed by atoms with E-state index in [0.29, 0.717) is 39.3 Å². The van der Waals surface area contributed by atoms with E-state index in [2.05, 4.69) is 20.6 Å². The molecule has 6 aromatic rings. The maximum Gasteiger partial charge on any atom is 0.416 e. The van der Waals surface area contributed by atoms with Gasteiger partial charge in [-0.15, -0.1) is 10.2 Å². The Bertz CT molecular complexity index is 2950. The highest BCUT2D eigenvalue weighted by molar-refractivity contribution is 7.98. The van der Waals surface area contributed by atoms with Crippen molar-refractivity contribution in [1.29, 1.82) is 0 Å². The van der Waals surface area contributed by atoms with Gasteiger partial charge in [-0.25, -0.2) is 36.2 Å². The predicted octanol–water partition coefficient (Wildman–Crippen LogP) is 10.9. The fourth-order valence-electron chi connectivity index (χ4n) is 7.58. The zero-order valence-corrected chi connectivity index (χ0v) is 39.6. The van der Waals surface area contributed by atoms with E-state index >= 15 is 0 Å². The van der Waals surface area contributed by atoms with Crippen molar-refractivity contribution in [3.8, 4) is 0 Å². The summed E-state index contributed by atoms with van der Waals surface area (Å²) in [4.78, 5) is 28.0. The third-order valence-electron chi connectivity index (χ3n) is 10.7. The number of halogens is 10. The number of ether oxygens (including phenoxy) is 2. The number of carbonyl (C=O) groups excluding carboxylic acids is 2. The zero-order valence-electron chi connectivity index (χ0n) is 36.4. The molecule has 0 spiro atoms. The Morgan fingerprint density at radius 2 is 1.06 bits per heavy atom. The van der Waals surface area contributed by atoms with E-state index in [4.69, 9.17) is 32.7 Å². The SMILES string of the molecule is CCS(=O)(=O)Cc1cn(C[C@@H]2OC(=O)N(c3ccc(Cl)cc3)[C@H]2c2cc(F)cc(C(F)(F)F)c2)nn1.CCSCc1cn(C[C@@H]2OC(=O)N(c3ccc(Cl)cc3)[C@H]2c2cc(F)cc(C(F)(F)F)c2)nn1. The van der Waals surface area contributed by atoms with Gasteiger partial charge in [-0.05, 0) is 102 Å². The number of amides is 2. The monoisotopic (exact) mass is 1060 g/mol. The Morgan fingerprint density at radius 3 is 1.46 bits per heavy atom. The third-order valence-corrected chi connectivity index (χ3v) is 13.7.